The fraction of sp³-hybridized carbons (Fsp3) is 0.412. The molecule has 0 aliphatic carbocycles. The summed E-state index contributed by atoms with van der Waals surface area (Å²) in [5.74, 6) is -0.672. The third-order valence-corrected chi connectivity index (χ3v) is 11.8. The van der Waals surface area contributed by atoms with E-state index in [9.17, 15) is 22.4 Å². The molecule has 2 amide bonds. The van der Waals surface area contributed by atoms with Crippen LogP contribution in [0.15, 0.2) is 41.3 Å². The number of rotatable bonds is 8. The number of anilines is 1. The number of aromatic amines is 1. The number of H-pyrrole nitrogens is 1. The normalized spacial score (nSPS) is 20.0. The molecule has 2 saturated heterocycles. The number of aromatic nitrogens is 1. The topological polar surface area (TPSA) is 103 Å². The number of benzene rings is 2. The third-order valence-electron chi connectivity index (χ3n) is 9.46. The van der Waals surface area contributed by atoms with E-state index in [0.29, 0.717) is 47.5 Å². The number of hydrogen-bond donors (Lipinski definition) is 2. The molecule has 1 atom stereocenters. The van der Waals surface area contributed by atoms with Gasteiger partial charge in [-0.25, -0.2) is 12.8 Å². The maximum absolute atomic E-state index is 13.6. The molecule has 244 valence electrons. The van der Waals surface area contributed by atoms with E-state index in [4.69, 9.17) is 23.2 Å². The summed E-state index contributed by atoms with van der Waals surface area (Å²) < 4.78 is 40.5. The minimum absolute atomic E-state index is 0.0459. The number of nitrogens with one attached hydrogen (secondary N) is 2. The predicted molar refractivity (Wildman–Crippen MR) is 180 cm³/mol. The Labute approximate surface area is 278 Å². The van der Waals surface area contributed by atoms with Crippen molar-refractivity contribution in [3.63, 3.8) is 0 Å². The first-order valence-corrected chi connectivity index (χ1v) is 18.0. The maximum atomic E-state index is 13.6. The molecule has 8 nitrogen and oxygen atoms in total. The van der Waals surface area contributed by atoms with Crippen molar-refractivity contribution in [2.45, 2.75) is 68.8 Å². The molecule has 2 fully saturated rings. The highest BCUT2D eigenvalue weighted by atomic mass is 35.5. The van der Waals surface area contributed by atoms with Crippen LogP contribution in [-0.4, -0.2) is 73.4 Å². The number of piperidine rings is 1. The number of carbonyl (C=O) groups is 2. The van der Waals surface area contributed by atoms with Crippen LogP contribution in [0.3, 0.4) is 0 Å². The molecule has 1 aromatic heterocycles. The number of amides is 2. The highest BCUT2D eigenvalue weighted by Crippen LogP contribution is 2.37. The number of likely N-dealkylation sites (tertiary alicyclic amines) is 2. The van der Waals surface area contributed by atoms with E-state index in [1.165, 1.54) is 12.1 Å². The molecule has 0 saturated carbocycles. The molecule has 12 heteroatoms. The number of nitrogens with zero attached hydrogens (tertiary/aromatic N) is 2. The minimum atomic E-state index is -3.85. The van der Waals surface area contributed by atoms with E-state index in [0.717, 1.165) is 49.3 Å². The highest BCUT2D eigenvalue weighted by Gasteiger charge is 2.33. The van der Waals surface area contributed by atoms with Crippen LogP contribution in [0.4, 0.5) is 10.1 Å². The summed E-state index contributed by atoms with van der Waals surface area (Å²) in [6.07, 6.45) is 4.23. The summed E-state index contributed by atoms with van der Waals surface area (Å²) in [6.45, 7) is 6.78. The summed E-state index contributed by atoms with van der Waals surface area (Å²) in [7, 11) is -3.85. The van der Waals surface area contributed by atoms with E-state index >= 15 is 0 Å². The molecule has 2 aromatic carbocycles. The molecule has 3 aromatic rings. The minimum Gasteiger partial charge on any atom is -0.359 e. The lowest BCUT2D eigenvalue weighted by atomic mass is 10.0. The highest BCUT2D eigenvalue weighted by molar-refractivity contribution is 7.90. The first-order chi connectivity index (χ1) is 21.9. The Bertz CT molecular complexity index is 1810. The van der Waals surface area contributed by atoms with Crippen LogP contribution in [0.2, 0.25) is 10.0 Å². The van der Waals surface area contributed by atoms with Crippen LogP contribution >= 0.6 is 23.2 Å². The lowest BCUT2D eigenvalue weighted by molar-refractivity contribution is -0.131. The number of carbonyl (C=O) groups excluding carboxylic acids is 2. The molecular formula is C34H37Cl2FN4O4S. The molecule has 2 N–H and O–H groups in total. The van der Waals surface area contributed by atoms with Crippen molar-refractivity contribution < 1.29 is 22.4 Å². The van der Waals surface area contributed by atoms with Crippen molar-refractivity contribution in [2.24, 2.45) is 0 Å². The van der Waals surface area contributed by atoms with Crippen LogP contribution in [0.5, 0.6) is 0 Å². The molecule has 0 unspecified atom stereocenters. The lowest BCUT2D eigenvalue weighted by Crippen LogP contribution is -2.46. The lowest BCUT2D eigenvalue weighted by Gasteiger charge is -2.34. The van der Waals surface area contributed by atoms with Crippen molar-refractivity contribution in [1.82, 2.24) is 14.8 Å². The molecule has 0 spiro atoms. The van der Waals surface area contributed by atoms with Gasteiger partial charge in [0.15, 0.2) is 9.84 Å². The number of hydrogen-bond acceptors (Lipinski definition) is 5. The van der Waals surface area contributed by atoms with Gasteiger partial charge in [-0.1, -0.05) is 29.3 Å². The average Bonchev–Trinajstić information content (AvgIpc) is 3.68. The van der Waals surface area contributed by atoms with Gasteiger partial charge in [0, 0.05) is 70.5 Å². The monoisotopic (exact) mass is 686 g/mol. The van der Waals surface area contributed by atoms with Crippen LogP contribution in [0.1, 0.15) is 59.3 Å². The maximum Gasteiger partial charge on any atom is 0.256 e. The van der Waals surface area contributed by atoms with Gasteiger partial charge in [-0.3, -0.25) is 9.59 Å². The van der Waals surface area contributed by atoms with Gasteiger partial charge < -0.3 is 20.1 Å². The van der Waals surface area contributed by atoms with Gasteiger partial charge in [0.1, 0.15) is 6.17 Å². The Morgan fingerprint density at radius 3 is 2.48 bits per heavy atom. The molecule has 6 rings (SSSR count). The molecule has 3 aliphatic rings. The largest absolute Gasteiger partial charge is 0.359 e. The summed E-state index contributed by atoms with van der Waals surface area (Å²) >= 11 is 12.5. The second-order valence-corrected chi connectivity index (χ2v) is 15.3. The molecule has 3 aliphatic heterocycles. The molecule has 0 bridgehead atoms. The molecule has 46 heavy (non-hydrogen) atoms. The smallest absolute Gasteiger partial charge is 0.256 e. The number of sulfone groups is 1. The van der Waals surface area contributed by atoms with E-state index in [1.54, 1.807) is 30.3 Å². The fourth-order valence-electron chi connectivity index (χ4n) is 6.81. The van der Waals surface area contributed by atoms with Crippen molar-refractivity contribution in [3.8, 4) is 0 Å². The van der Waals surface area contributed by atoms with Gasteiger partial charge in [-0.05, 0) is 87.1 Å². The molecular weight excluding hydrogens is 650 g/mol. The number of aryl methyl sites for hydroxylation is 1. The van der Waals surface area contributed by atoms with E-state index in [-0.39, 0.29) is 45.0 Å². The van der Waals surface area contributed by atoms with Gasteiger partial charge in [0.25, 0.3) is 5.91 Å². The average molecular weight is 688 g/mol. The van der Waals surface area contributed by atoms with Crippen molar-refractivity contribution in [3.05, 3.63) is 80.1 Å². The van der Waals surface area contributed by atoms with Gasteiger partial charge in [-0.2, -0.15) is 0 Å². The van der Waals surface area contributed by atoms with Crippen LogP contribution in [0, 0.1) is 13.8 Å². The second-order valence-electron chi connectivity index (χ2n) is 12.5. The Hall–Kier alpha value is -3.18. The Balaban J connectivity index is 1.22. The summed E-state index contributed by atoms with van der Waals surface area (Å²) in [6, 6.07) is 9.51. The van der Waals surface area contributed by atoms with E-state index in [2.05, 4.69) is 15.2 Å². The van der Waals surface area contributed by atoms with Crippen molar-refractivity contribution in [1.29, 1.82) is 0 Å². The Morgan fingerprint density at radius 2 is 1.76 bits per heavy atom. The van der Waals surface area contributed by atoms with Crippen LogP contribution < -0.4 is 5.32 Å². The van der Waals surface area contributed by atoms with Crippen molar-refractivity contribution >= 4 is 62.2 Å². The van der Waals surface area contributed by atoms with Crippen LogP contribution in [0.25, 0.3) is 11.6 Å². The van der Waals surface area contributed by atoms with Crippen LogP contribution in [-0.2, 0) is 31.6 Å². The Morgan fingerprint density at radius 1 is 1.04 bits per heavy atom. The first-order valence-electron chi connectivity index (χ1n) is 15.6. The van der Waals surface area contributed by atoms with E-state index in [1.807, 2.05) is 18.7 Å². The third kappa shape index (κ3) is 6.63. The van der Waals surface area contributed by atoms with Gasteiger partial charge >= 0.3 is 0 Å². The number of fused-ring (bicyclic) bond motifs is 1. The fourth-order valence-corrected chi connectivity index (χ4v) is 8.93. The quantitative estimate of drug-likeness (QED) is 0.268. The van der Waals surface area contributed by atoms with Gasteiger partial charge in [-0.15, -0.1) is 0 Å². The summed E-state index contributed by atoms with van der Waals surface area (Å²) in [5.41, 5.74) is 4.88. The number of alkyl halides is 1. The summed E-state index contributed by atoms with van der Waals surface area (Å²) in [5, 5.41) is 3.35. The predicted octanol–water partition coefficient (Wildman–Crippen LogP) is 6.37. The SMILES string of the molecule is Cc1[nH]c(C=C2C(=O)Nc3ccc(S(=O)(=O)Cc4c(Cl)cccc4Cl)cc32)c(C)c1CC(=O)N1CCC[C@@H]1CN1CCC(F)CC1. The first kappa shape index (κ1) is 32.7. The zero-order valence-electron chi connectivity index (χ0n) is 25.8. The van der Waals surface area contributed by atoms with Crippen molar-refractivity contribution in [2.75, 3.05) is 31.5 Å². The van der Waals surface area contributed by atoms with E-state index < -0.39 is 16.0 Å². The second kappa shape index (κ2) is 13.1. The summed E-state index contributed by atoms with van der Waals surface area (Å²) in [4.78, 5) is 34.3. The van der Waals surface area contributed by atoms with Gasteiger partial charge in [0.05, 0.1) is 22.6 Å². The Kier molecular flexibility index (Phi) is 9.36. The zero-order chi connectivity index (χ0) is 32.7. The standard InChI is InChI=1S/C34H37Cl2FN4O4S/c1-20-25(17-33(42)41-12-4-5-23(41)18-40-13-10-22(37)11-14-40)21(2)38-32(20)16-27-26-15-24(8-9-31(26)39-34(27)43)46(44,45)19-28-29(35)6-3-7-30(28)36/h3,6-9,15-16,22-23,38H,4-5,10-14,17-19H2,1-2H3,(H,39,43)/t23-/m1/s1. The zero-order valence-corrected chi connectivity index (χ0v) is 28.2. The van der Waals surface area contributed by atoms with Gasteiger partial charge in [0.2, 0.25) is 5.91 Å². The number of halogens is 3. The molecule has 4 heterocycles. The molecule has 0 radical (unpaired) electrons.